The van der Waals surface area contributed by atoms with Gasteiger partial charge < -0.3 is 10.2 Å². The molecule has 2 N–H and O–H groups in total. The summed E-state index contributed by atoms with van der Waals surface area (Å²) >= 11 is 0. The number of hydrogen-bond donors (Lipinski definition) is 2. The van der Waals surface area contributed by atoms with Crippen molar-refractivity contribution in [2.24, 2.45) is 34.5 Å². The maximum Gasteiger partial charge on any atom is 0.165 e. The zero-order chi connectivity index (χ0) is 19.1. The third kappa shape index (κ3) is 1.96. The van der Waals surface area contributed by atoms with Gasteiger partial charge in [0, 0.05) is 23.7 Å². The van der Waals surface area contributed by atoms with Gasteiger partial charge in [0.05, 0.1) is 0 Å². The van der Waals surface area contributed by atoms with E-state index < -0.39 is 22.5 Å². The van der Waals surface area contributed by atoms with Gasteiger partial charge in [-0.3, -0.25) is 14.4 Å². The van der Waals surface area contributed by atoms with Crippen molar-refractivity contribution >= 4 is 17.3 Å². The molecule has 0 aromatic rings. The number of carbonyl (C=O) groups excluding carboxylic acids is 3. The van der Waals surface area contributed by atoms with E-state index in [1.54, 1.807) is 6.08 Å². The Bertz CT molecular complexity index is 726. The van der Waals surface area contributed by atoms with Crippen LogP contribution in [0.4, 0.5) is 0 Å². The van der Waals surface area contributed by atoms with Crippen LogP contribution in [0.5, 0.6) is 0 Å². The lowest BCUT2D eigenvalue weighted by atomic mass is 9.44. The van der Waals surface area contributed by atoms with E-state index in [0.29, 0.717) is 19.3 Å². The summed E-state index contributed by atoms with van der Waals surface area (Å²) in [6.45, 7) is 5.43. The normalized spacial score (nSPS) is 53.0. The van der Waals surface area contributed by atoms with Crippen LogP contribution in [0, 0.1) is 34.5 Å². The van der Waals surface area contributed by atoms with Gasteiger partial charge in [0.15, 0.2) is 17.3 Å². The quantitative estimate of drug-likeness (QED) is 0.744. The molecule has 142 valence electrons. The Morgan fingerprint density at radius 2 is 1.77 bits per heavy atom. The van der Waals surface area contributed by atoms with Crippen LogP contribution >= 0.6 is 0 Å². The zero-order valence-electron chi connectivity index (χ0n) is 15.7. The third-order valence-electron chi connectivity index (χ3n) is 8.65. The summed E-state index contributed by atoms with van der Waals surface area (Å²) in [5.74, 6) is -1.25. The molecule has 4 aliphatic rings. The SMILES string of the molecule is CC(=O)[C@@]1(O)CC[C@H]2[C@@H]3C(=O)[C@@H](O)C4CC(=O)C=C[C@]4(C)[C@H]3CC[C@@]21C. The minimum absolute atomic E-state index is 0.0368. The summed E-state index contributed by atoms with van der Waals surface area (Å²) < 4.78 is 0. The molecule has 0 heterocycles. The maximum atomic E-state index is 13.2. The predicted octanol–water partition coefficient (Wildman–Crippen LogP) is 1.84. The summed E-state index contributed by atoms with van der Waals surface area (Å²) in [5.41, 5.74) is -2.42. The van der Waals surface area contributed by atoms with Gasteiger partial charge in [-0.05, 0) is 55.9 Å². The fraction of sp³-hybridized carbons (Fsp3) is 0.762. The van der Waals surface area contributed by atoms with Crippen LogP contribution in [0.3, 0.4) is 0 Å². The van der Waals surface area contributed by atoms with Crippen molar-refractivity contribution in [3.8, 4) is 0 Å². The number of aliphatic hydroxyl groups is 2. The molecule has 3 fully saturated rings. The second-order valence-corrected chi connectivity index (χ2v) is 9.47. The standard InChI is InChI=1S/C21H28O5/c1-11(22)21(26)9-6-14-16-13(5-8-20(14,21)3)19(2)7-4-12(23)10-15(19)17(24)18(16)25/h4,7,13-17,24,26H,5-6,8-10H2,1-3H3/t13-,14-,15?,16+,17-,19+,20-,21-/m0/s1. The largest absolute Gasteiger partial charge is 0.385 e. The van der Waals surface area contributed by atoms with Gasteiger partial charge >= 0.3 is 0 Å². The summed E-state index contributed by atoms with van der Waals surface area (Å²) in [6, 6.07) is 0. The predicted molar refractivity (Wildman–Crippen MR) is 94.1 cm³/mol. The van der Waals surface area contributed by atoms with Crippen LogP contribution in [-0.2, 0) is 14.4 Å². The molecule has 0 radical (unpaired) electrons. The second kappa shape index (κ2) is 5.35. The number of rotatable bonds is 1. The summed E-state index contributed by atoms with van der Waals surface area (Å²) in [7, 11) is 0. The van der Waals surface area contributed by atoms with E-state index in [1.165, 1.54) is 6.92 Å². The number of fused-ring (bicyclic) bond motifs is 5. The van der Waals surface area contributed by atoms with Gasteiger partial charge in [-0.15, -0.1) is 0 Å². The Hall–Kier alpha value is -1.33. The Balaban J connectivity index is 1.79. The van der Waals surface area contributed by atoms with E-state index in [-0.39, 0.29) is 47.4 Å². The van der Waals surface area contributed by atoms with E-state index in [1.807, 2.05) is 13.0 Å². The van der Waals surface area contributed by atoms with Crippen LogP contribution in [0.15, 0.2) is 12.2 Å². The number of aliphatic hydroxyl groups excluding tert-OH is 1. The van der Waals surface area contributed by atoms with Crippen molar-refractivity contribution in [2.75, 3.05) is 0 Å². The van der Waals surface area contributed by atoms with E-state index >= 15 is 0 Å². The first kappa shape index (κ1) is 18.1. The molecule has 0 aromatic carbocycles. The molecule has 0 aromatic heterocycles. The molecule has 0 spiro atoms. The van der Waals surface area contributed by atoms with Gasteiger partial charge in [0.2, 0.25) is 0 Å². The van der Waals surface area contributed by atoms with Crippen LogP contribution in [0.25, 0.3) is 0 Å². The van der Waals surface area contributed by atoms with Gasteiger partial charge in [-0.25, -0.2) is 0 Å². The number of ketones is 3. The van der Waals surface area contributed by atoms with E-state index in [9.17, 15) is 24.6 Å². The van der Waals surface area contributed by atoms with Crippen LogP contribution in [-0.4, -0.2) is 39.3 Å². The van der Waals surface area contributed by atoms with Crippen LogP contribution < -0.4 is 0 Å². The molecule has 0 saturated heterocycles. The molecule has 8 atom stereocenters. The lowest BCUT2D eigenvalue weighted by molar-refractivity contribution is -0.180. The molecule has 1 unspecified atom stereocenters. The molecule has 4 rings (SSSR count). The fourth-order valence-corrected chi connectivity index (χ4v) is 6.98. The first-order valence-corrected chi connectivity index (χ1v) is 9.73. The minimum Gasteiger partial charge on any atom is -0.385 e. The topological polar surface area (TPSA) is 91.7 Å². The molecule has 5 nitrogen and oxygen atoms in total. The molecule has 0 bridgehead atoms. The van der Waals surface area contributed by atoms with Crippen LogP contribution in [0.2, 0.25) is 0 Å². The molecule has 3 saturated carbocycles. The van der Waals surface area contributed by atoms with Crippen molar-refractivity contribution in [3.63, 3.8) is 0 Å². The van der Waals surface area contributed by atoms with Crippen molar-refractivity contribution in [1.82, 2.24) is 0 Å². The van der Waals surface area contributed by atoms with Gasteiger partial charge in [0.25, 0.3) is 0 Å². The summed E-state index contributed by atoms with van der Waals surface area (Å²) in [6.07, 6.45) is 4.97. The first-order chi connectivity index (χ1) is 12.1. The average molecular weight is 360 g/mol. The molecule has 0 aliphatic heterocycles. The lowest BCUT2D eigenvalue weighted by Gasteiger charge is -2.59. The van der Waals surface area contributed by atoms with Gasteiger partial charge in [-0.1, -0.05) is 19.9 Å². The molecular weight excluding hydrogens is 332 g/mol. The second-order valence-electron chi connectivity index (χ2n) is 9.47. The molecule has 26 heavy (non-hydrogen) atoms. The minimum atomic E-state index is -1.38. The first-order valence-electron chi connectivity index (χ1n) is 9.73. The van der Waals surface area contributed by atoms with Crippen molar-refractivity contribution in [2.45, 2.75) is 64.6 Å². The maximum absolute atomic E-state index is 13.2. The van der Waals surface area contributed by atoms with E-state index in [4.69, 9.17) is 0 Å². The van der Waals surface area contributed by atoms with Crippen molar-refractivity contribution in [1.29, 1.82) is 0 Å². The zero-order valence-corrected chi connectivity index (χ0v) is 15.7. The van der Waals surface area contributed by atoms with E-state index in [0.717, 1.165) is 6.42 Å². The molecule has 4 aliphatic carbocycles. The molecule has 5 heteroatoms. The van der Waals surface area contributed by atoms with Gasteiger partial charge in [-0.2, -0.15) is 0 Å². The highest BCUT2D eigenvalue weighted by atomic mass is 16.3. The average Bonchev–Trinajstić information content (AvgIpc) is 2.87. The monoisotopic (exact) mass is 360 g/mol. The molecule has 0 amide bonds. The highest BCUT2D eigenvalue weighted by Gasteiger charge is 2.68. The smallest absolute Gasteiger partial charge is 0.165 e. The number of Topliss-reactive ketones (excluding diaryl/α,β-unsaturated/α-hetero) is 2. The Morgan fingerprint density at radius 3 is 2.42 bits per heavy atom. The van der Waals surface area contributed by atoms with Crippen LogP contribution in [0.1, 0.15) is 52.9 Å². The highest BCUT2D eigenvalue weighted by Crippen LogP contribution is 2.66. The molecular formula is C21H28O5. The van der Waals surface area contributed by atoms with Gasteiger partial charge in [0.1, 0.15) is 11.7 Å². The Labute approximate surface area is 153 Å². The summed E-state index contributed by atoms with van der Waals surface area (Å²) in [4.78, 5) is 37.3. The number of allylic oxidation sites excluding steroid dienone is 2. The highest BCUT2D eigenvalue weighted by molar-refractivity contribution is 5.94. The Morgan fingerprint density at radius 1 is 1.12 bits per heavy atom. The lowest BCUT2D eigenvalue weighted by Crippen LogP contribution is -2.63. The fourth-order valence-electron chi connectivity index (χ4n) is 6.98. The number of carbonyl (C=O) groups is 3. The van der Waals surface area contributed by atoms with Crippen molar-refractivity contribution in [3.05, 3.63) is 12.2 Å². The van der Waals surface area contributed by atoms with E-state index in [2.05, 4.69) is 6.92 Å². The Kier molecular flexibility index (Phi) is 3.72. The third-order valence-corrected chi connectivity index (χ3v) is 8.65. The van der Waals surface area contributed by atoms with Crippen molar-refractivity contribution < 1.29 is 24.6 Å². The number of hydrogen-bond acceptors (Lipinski definition) is 5. The summed E-state index contributed by atoms with van der Waals surface area (Å²) in [5, 5.41) is 21.9.